The number of carbonyl (C=O) groups is 4. The van der Waals surface area contributed by atoms with Crippen LogP contribution in [0.25, 0.3) is 6.08 Å². The molecule has 0 aliphatic heterocycles. The van der Waals surface area contributed by atoms with Gasteiger partial charge in [0.25, 0.3) is 11.8 Å². The van der Waals surface area contributed by atoms with Crippen molar-refractivity contribution in [1.82, 2.24) is 5.32 Å². The summed E-state index contributed by atoms with van der Waals surface area (Å²) in [6, 6.07) is 19.9. The van der Waals surface area contributed by atoms with E-state index in [1.807, 2.05) is 6.07 Å². The number of phenols is 1. The van der Waals surface area contributed by atoms with Crippen LogP contribution < -0.4 is 20.7 Å². The highest BCUT2D eigenvalue weighted by molar-refractivity contribution is 8.00. The van der Waals surface area contributed by atoms with Gasteiger partial charge in [0.2, 0.25) is 5.91 Å². The summed E-state index contributed by atoms with van der Waals surface area (Å²) in [5.74, 6) is -0.897. The van der Waals surface area contributed by atoms with Gasteiger partial charge in [-0.15, -0.1) is 23.1 Å². The molecule has 0 bridgehead atoms. The fourth-order valence-corrected chi connectivity index (χ4v) is 7.52. The molecule has 10 nitrogen and oxygen atoms in total. The lowest BCUT2D eigenvalue weighted by molar-refractivity contribution is -0.114. The van der Waals surface area contributed by atoms with Gasteiger partial charge in [0.1, 0.15) is 22.2 Å². The number of esters is 1. The molecule has 0 saturated carbocycles. The van der Waals surface area contributed by atoms with Gasteiger partial charge in [0.15, 0.2) is 0 Å². The largest absolute Gasteiger partial charge is 0.508 e. The number of anilines is 2. The standard InChI is InChI=1S/C37H37N3O7S2/c1-4-47-37(45)33-28-16-13-22(2)17-31(28)49-36(33)40-32(42)21-48-27-12-8-11-25(19-27)38-35(44)29(39-34(43)23-9-6-5-7-10-23)18-24-14-15-26(41)20-30(24)46-3/h5-12,14-15,18-20,22,41H,4,13,16-17,21H2,1-3H3,(H,38,44)(H,39,43)(H,40,42)/b29-18+. The Bertz CT molecular complexity index is 1890. The first kappa shape index (κ1) is 35.2. The van der Waals surface area contributed by atoms with Crippen LogP contribution in [0.15, 0.2) is 83.4 Å². The Morgan fingerprint density at radius 1 is 1.02 bits per heavy atom. The Morgan fingerprint density at radius 3 is 2.57 bits per heavy atom. The van der Waals surface area contributed by atoms with E-state index in [1.54, 1.807) is 61.5 Å². The van der Waals surface area contributed by atoms with Gasteiger partial charge in [-0.2, -0.15) is 0 Å². The fraction of sp³-hybridized carbons (Fsp3) is 0.243. The summed E-state index contributed by atoms with van der Waals surface area (Å²) < 4.78 is 10.7. The maximum Gasteiger partial charge on any atom is 0.341 e. The van der Waals surface area contributed by atoms with E-state index < -0.39 is 17.8 Å². The van der Waals surface area contributed by atoms with Crippen LogP contribution in [0.5, 0.6) is 11.5 Å². The Morgan fingerprint density at radius 2 is 1.82 bits per heavy atom. The smallest absolute Gasteiger partial charge is 0.341 e. The molecule has 0 spiro atoms. The molecule has 254 valence electrons. The van der Waals surface area contributed by atoms with Crippen LogP contribution in [0.4, 0.5) is 10.7 Å². The van der Waals surface area contributed by atoms with E-state index in [9.17, 15) is 24.3 Å². The number of hydrogen-bond acceptors (Lipinski definition) is 9. The molecular weight excluding hydrogens is 663 g/mol. The summed E-state index contributed by atoms with van der Waals surface area (Å²) in [6.07, 6.45) is 4.09. The molecule has 0 saturated heterocycles. The van der Waals surface area contributed by atoms with Crippen LogP contribution in [0.3, 0.4) is 0 Å². The second-order valence-electron chi connectivity index (χ2n) is 11.4. The van der Waals surface area contributed by atoms with Crippen LogP contribution in [0.1, 0.15) is 57.0 Å². The van der Waals surface area contributed by atoms with Crippen molar-refractivity contribution in [2.45, 2.75) is 38.0 Å². The minimum absolute atomic E-state index is 0.0140. The van der Waals surface area contributed by atoms with Crippen LogP contribution in [0.2, 0.25) is 0 Å². The normalized spacial score (nSPS) is 13.9. The van der Waals surface area contributed by atoms with Gasteiger partial charge in [-0.1, -0.05) is 31.2 Å². The number of nitrogens with one attached hydrogen (secondary N) is 3. The molecule has 1 aliphatic carbocycles. The Balaban J connectivity index is 1.29. The zero-order chi connectivity index (χ0) is 34.9. The number of fused-ring (bicyclic) bond motifs is 1. The van der Waals surface area contributed by atoms with E-state index in [4.69, 9.17) is 9.47 Å². The van der Waals surface area contributed by atoms with Crippen molar-refractivity contribution in [2.24, 2.45) is 5.92 Å². The number of carbonyl (C=O) groups excluding carboxylic acids is 4. The van der Waals surface area contributed by atoms with Gasteiger partial charge >= 0.3 is 5.97 Å². The highest BCUT2D eigenvalue weighted by Gasteiger charge is 2.29. The molecule has 4 N–H and O–H groups in total. The van der Waals surface area contributed by atoms with Crippen molar-refractivity contribution < 1.29 is 33.8 Å². The van der Waals surface area contributed by atoms with Crippen LogP contribution in [-0.2, 0) is 27.2 Å². The molecule has 0 radical (unpaired) electrons. The van der Waals surface area contributed by atoms with Crippen molar-refractivity contribution in [3.8, 4) is 11.5 Å². The first-order valence-electron chi connectivity index (χ1n) is 15.8. The predicted molar refractivity (Wildman–Crippen MR) is 192 cm³/mol. The van der Waals surface area contributed by atoms with Gasteiger partial charge in [0, 0.05) is 32.7 Å². The van der Waals surface area contributed by atoms with Crippen LogP contribution >= 0.6 is 23.1 Å². The summed E-state index contributed by atoms with van der Waals surface area (Å²) >= 11 is 2.72. The van der Waals surface area contributed by atoms with E-state index >= 15 is 0 Å². The molecule has 12 heteroatoms. The molecule has 1 aromatic heterocycles. The lowest BCUT2D eigenvalue weighted by Gasteiger charge is -2.18. The zero-order valence-corrected chi connectivity index (χ0v) is 29.0. The molecular formula is C37H37N3O7S2. The highest BCUT2D eigenvalue weighted by Crippen LogP contribution is 2.40. The molecule has 1 atom stereocenters. The number of phenolic OH excluding ortho intramolecular Hbond substituents is 1. The Labute approximate surface area is 292 Å². The minimum Gasteiger partial charge on any atom is -0.508 e. The van der Waals surface area contributed by atoms with Crippen molar-refractivity contribution in [2.75, 3.05) is 30.1 Å². The predicted octanol–water partition coefficient (Wildman–Crippen LogP) is 6.90. The van der Waals surface area contributed by atoms with E-state index in [1.165, 1.54) is 48.4 Å². The van der Waals surface area contributed by atoms with Gasteiger partial charge in [-0.05, 0) is 86.2 Å². The molecule has 4 aromatic rings. The minimum atomic E-state index is -0.596. The number of thiophene rings is 1. The number of thioether (sulfide) groups is 1. The quantitative estimate of drug-likeness (QED) is 0.0711. The first-order valence-corrected chi connectivity index (χ1v) is 17.6. The summed E-state index contributed by atoms with van der Waals surface area (Å²) in [5, 5.41) is 18.8. The van der Waals surface area contributed by atoms with Gasteiger partial charge in [-0.3, -0.25) is 14.4 Å². The second kappa shape index (κ2) is 16.4. The van der Waals surface area contributed by atoms with Crippen molar-refractivity contribution in [3.05, 3.63) is 106 Å². The molecule has 3 aromatic carbocycles. The molecule has 3 amide bonds. The molecule has 1 unspecified atom stereocenters. The van der Waals surface area contributed by atoms with E-state index in [0.29, 0.717) is 39.0 Å². The average molecular weight is 700 g/mol. The lowest BCUT2D eigenvalue weighted by atomic mass is 9.88. The SMILES string of the molecule is CCOC(=O)c1c(NC(=O)CSc2cccc(NC(=O)/C(=C\c3ccc(O)cc3OC)NC(=O)c3ccccc3)c2)sc2c1CCC(C)C2. The maximum absolute atomic E-state index is 13.6. The number of aromatic hydroxyl groups is 1. The number of ether oxygens (including phenoxy) is 2. The van der Waals surface area contributed by atoms with Crippen LogP contribution in [0, 0.1) is 5.92 Å². The Kier molecular flexibility index (Phi) is 11.8. The third kappa shape index (κ3) is 9.09. The number of amides is 3. The first-order chi connectivity index (χ1) is 23.6. The molecule has 1 heterocycles. The highest BCUT2D eigenvalue weighted by atomic mass is 32.2. The van der Waals surface area contributed by atoms with Crippen LogP contribution in [-0.4, -0.2) is 48.3 Å². The molecule has 49 heavy (non-hydrogen) atoms. The monoisotopic (exact) mass is 699 g/mol. The van der Waals surface area contributed by atoms with Crippen molar-refractivity contribution in [1.29, 1.82) is 0 Å². The van der Waals surface area contributed by atoms with E-state index in [-0.39, 0.29) is 29.7 Å². The van der Waals surface area contributed by atoms with Gasteiger partial charge < -0.3 is 30.5 Å². The Hall–Kier alpha value is -5.07. The van der Waals surface area contributed by atoms with E-state index in [2.05, 4.69) is 22.9 Å². The zero-order valence-electron chi connectivity index (χ0n) is 27.3. The summed E-state index contributed by atoms with van der Waals surface area (Å²) in [4.78, 5) is 54.4. The third-order valence-electron chi connectivity index (χ3n) is 7.75. The van der Waals surface area contributed by atoms with Gasteiger partial charge in [0.05, 0.1) is 25.0 Å². The summed E-state index contributed by atoms with van der Waals surface area (Å²) in [5.41, 5.74) is 2.65. The number of hydrogen-bond donors (Lipinski definition) is 4. The molecule has 5 rings (SSSR count). The lowest BCUT2D eigenvalue weighted by Crippen LogP contribution is -2.30. The average Bonchev–Trinajstić information content (AvgIpc) is 3.44. The molecule has 0 fully saturated rings. The topological polar surface area (TPSA) is 143 Å². The summed E-state index contributed by atoms with van der Waals surface area (Å²) in [7, 11) is 1.44. The maximum atomic E-state index is 13.6. The van der Waals surface area contributed by atoms with E-state index in [0.717, 1.165) is 34.6 Å². The number of methoxy groups -OCH3 is 1. The summed E-state index contributed by atoms with van der Waals surface area (Å²) in [6.45, 7) is 4.19. The van der Waals surface area contributed by atoms with Crippen molar-refractivity contribution >= 4 is 63.6 Å². The third-order valence-corrected chi connectivity index (χ3v) is 9.92. The fourth-order valence-electron chi connectivity index (χ4n) is 5.35. The molecule has 1 aliphatic rings. The van der Waals surface area contributed by atoms with Crippen molar-refractivity contribution in [3.63, 3.8) is 0 Å². The number of benzene rings is 3. The second-order valence-corrected chi connectivity index (χ2v) is 13.6. The van der Waals surface area contributed by atoms with Gasteiger partial charge in [-0.25, -0.2) is 4.79 Å². The number of rotatable bonds is 12.